The Morgan fingerprint density at radius 1 is 1.43 bits per heavy atom. The number of sulfone groups is 1. The van der Waals surface area contributed by atoms with E-state index in [1.165, 1.54) is 6.07 Å². The molecule has 2 heterocycles. The number of nitrogens with zero attached hydrogens (tertiary/aromatic N) is 1. The van der Waals surface area contributed by atoms with Crippen LogP contribution in [0.1, 0.15) is 49.2 Å². The molecular formula is C14H20N2O4S. The van der Waals surface area contributed by atoms with E-state index < -0.39 is 21.3 Å². The molecule has 0 amide bonds. The van der Waals surface area contributed by atoms with E-state index in [-0.39, 0.29) is 23.0 Å². The van der Waals surface area contributed by atoms with Gasteiger partial charge in [-0.15, -0.1) is 0 Å². The monoisotopic (exact) mass is 312 g/mol. The average Bonchev–Trinajstić information content (AvgIpc) is 2.62. The lowest BCUT2D eigenvalue weighted by Gasteiger charge is -2.25. The number of hydrogen-bond acceptors (Lipinski definition) is 5. The van der Waals surface area contributed by atoms with Gasteiger partial charge in [-0.3, -0.25) is 0 Å². The largest absolute Gasteiger partial charge is 0.478 e. The topological polar surface area (TPSA) is 96.4 Å². The number of carbonyl (C=O) groups is 1. The van der Waals surface area contributed by atoms with Crippen molar-refractivity contribution in [1.82, 2.24) is 4.98 Å². The van der Waals surface area contributed by atoms with Crippen LogP contribution in [0.25, 0.3) is 0 Å². The van der Waals surface area contributed by atoms with Gasteiger partial charge in [0.2, 0.25) is 0 Å². The standard InChI is InChI=1S/C14H20N2O4S/c1-9(2)11-6-10(13(17)18)7-12(15-11)16-14(3)4-5-21(19,20)8-14/h6-7,9H,4-5,8H2,1-3H3,(H,15,16)(H,17,18). The van der Waals surface area contributed by atoms with Crippen LogP contribution in [-0.2, 0) is 9.84 Å². The first-order chi connectivity index (χ1) is 9.60. The summed E-state index contributed by atoms with van der Waals surface area (Å²) in [6.07, 6.45) is 0.491. The van der Waals surface area contributed by atoms with Crippen molar-refractivity contribution in [2.24, 2.45) is 0 Å². The minimum Gasteiger partial charge on any atom is -0.478 e. The zero-order valence-corrected chi connectivity index (χ0v) is 13.2. The lowest BCUT2D eigenvalue weighted by atomic mass is 10.0. The first-order valence-corrected chi connectivity index (χ1v) is 8.66. The summed E-state index contributed by atoms with van der Waals surface area (Å²) in [5, 5.41) is 12.3. The zero-order chi connectivity index (χ0) is 15.8. The van der Waals surface area contributed by atoms with Gasteiger partial charge in [0.05, 0.1) is 22.6 Å². The van der Waals surface area contributed by atoms with Crippen LogP contribution in [0.15, 0.2) is 12.1 Å². The summed E-state index contributed by atoms with van der Waals surface area (Å²) in [7, 11) is -3.03. The first kappa shape index (κ1) is 15.8. The van der Waals surface area contributed by atoms with Crippen LogP contribution < -0.4 is 5.32 Å². The third-order valence-electron chi connectivity index (χ3n) is 3.62. The SMILES string of the molecule is CC(C)c1cc(C(=O)O)cc(NC2(C)CCS(=O)(=O)C2)n1. The van der Waals surface area contributed by atoms with Gasteiger partial charge in [-0.25, -0.2) is 18.2 Å². The third-order valence-corrected chi connectivity index (χ3v) is 5.52. The molecule has 1 atom stereocenters. The molecule has 0 radical (unpaired) electrons. The quantitative estimate of drug-likeness (QED) is 0.881. The highest BCUT2D eigenvalue weighted by Gasteiger charge is 2.38. The highest BCUT2D eigenvalue weighted by Crippen LogP contribution is 2.28. The van der Waals surface area contributed by atoms with E-state index in [2.05, 4.69) is 10.3 Å². The van der Waals surface area contributed by atoms with Crippen LogP contribution in [0.2, 0.25) is 0 Å². The number of aromatic nitrogens is 1. The van der Waals surface area contributed by atoms with E-state index in [1.807, 2.05) is 20.8 Å². The van der Waals surface area contributed by atoms with E-state index in [4.69, 9.17) is 0 Å². The second kappa shape index (κ2) is 5.29. The maximum absolute atomic E-state index is 11.6. The average molecular weight is 312 g/mol. The maximum Gasteiger partial charge on any atom is 0.335 e. The first-order valence-electron chi connectivity index (χ1n) is 6.84. The Kier molecular flexibility index (Phi) is 3.97. The Balaban J connectivity index is 2.33. The minimum absolute atomic E-state index is 0.0377. The lowest BCUT2D eigenvalue weighted by molar-refractivity contribution is 0.0696. The summed E-state index contributed by atoms with van der Waals surface area (Å²) >= 11 is 0. The van der Waals surface area contributed by atoms with Gasteiger partial charge in [0.1, 0.15) is 5.82 Å². The molecule has 0 aliphatic carbocycles. The number of hydrogen-bond donors (Lipinski definition) is 2. The minimum atomic E-state index is -3.03. The number of rotatable bonds is 4. The number of carboxylic acid groups (broad SMARTS) is 1. The maximum atomic E-state index is 11.6. The molecule has 0 bridgehead atoms. The molecule has 2 rings (SSSR count). The summed E-state index contributed by atoms with van der Waals surface area (Å²) in [4.78, 5) is 15.6. The van der Waals surface area contributed by atoms with E-state index in [0.29, 0.717) is 17.9 Å². The lowest BCUT2D eigenvalue weighted by Crippen LogP contribution is -2.36. The predicted octanol–water partition coefficient (Wildman–Crippen LogP) is 1.89. The fourth-order valence-electron chi connectivity index (χ4n) is 2.45. The fourth-order valence-corrected chi connectivity index (χ4v) is 4.55. The smallest absolute Gasteiger partial charge is 0.335 e. The van der Waals surface area contributed by atoms with Crippen molar-refractivity contribution in [2.75, 3.05) is 16.8 Å². The molecule has 2 N–H and O–H groups in total. The van der Waals surface area contributed by atoms with E-state index in [0.717, 1.165) is 0 Å². The van der Waals surface area contributed by atoms with E-state index >= 15 is 0 Å². The molecule has 21 heavy (non-hydrogen) atoms. The summed E-state index contributed by atoms with van der Waals surface area (Å²) in [6, 6.07) is 3.00. The van der Waals surface area contributed by atoms with Crippen molar-refractivity contribution >= 4 is 21.6 Å². The van der Waals surface area contributed by atoms with Crippen LogP contribution in [0.4, 0.5) is 5.82 Å². The highest BCUT2D eigenvalue weighted by molar-refractivity contribution is 7.91. The number of carboxylic acids is 1. The molecule has 1 aromatic heterocycles. The molecule has 0 saturated carbocycles. The van der Waals surface area contributed by atoms with E-state index in [9.17, 15) is 18.3 Å². The van der Waals surface area contributed by atoms with E-state index in [1.54, 1.807) is 6.07 Å². The van der Waals surface area contributed by atoms with Crippen LogP contribution in [0.3, 0.4) is 0 Å². The fraction of sp³-hybridized carbons (Fsp3) is 0.571. The summed E-state index contributed by atoms with van der Waals surface area (Å²) in [5.74, 6) is -0.336. The molecule has 1 fully saturated rings. The number of pyridine rings is 1. The molecule has 0 spiro atoms. The van der Waals surface area contributed by atoms with Crippen LogP contribution in [0.5, 0.6) is 0 Å². The van der Waals surface area contributed by atoms with Crippen LogP contribution in [0, 0.1) is 0 Å². The molecule has 1 aliphatic heterocycles. The Hall–Kier alpha value is -1.63. The van der Waals surface area contributed by atoms with Gasteiger partial charge in [-0.05, 0) is 31.4 Å². The number of aromatic carboxylic acids is 1. The molecule has 1 unspecified atom stereocenters. The van der Waals surface area contributed by atoms with Gasteiger partial charge in [-0.2, -0.15) is 0 Å². The molecule has 7 heteroatoms. The molecule has 1 aliphatic rings. The van der Waals surface area contributed by atoms with Gasteiger partial charge < -0.3 is 10.4 Å². The second-order valence-electron chi connectivity index (χ2n) is 6.15. The van der Waals surface area contributed by atoms with Crippen molar-refractivity contribution in [3.63, 3.8) is 0 Å². The summed E-state index contributed by atoms with van der Waals surface area (Å²) in [5.41, 5.74) is 0.222. The second-order valence-corrected chi connectivity index (χ2v) is 8.34. The molecule has 1 aromatic rings. The van der Waals surface area contributed by atoms with Crippen molar-refractivity contribution < 1.29 is 18.3 Å². The van der Waals surface area contributed by atoms with Crippen molar-refractivity contribution in [3.05, 3.63) is 23.4 Å². The molecular weight excluding hydrogens is 292 g/mol. The normalized spacial score (nSPS) is 24.2. The van der Waals surface area contributed by atoms with Crippen LogP contribution >= 0.6 is 0 Å². The summed E-state index contributed by atoms with van der Waals surface area (Å²) in [6.45, 7) is 5.68. The summed E-state index contributed by atoms with van der Waals surface area (Å²) < 4.78 is 23.3. The Labute approximate surface area is 124 Å². The Bertz CT molecular complexity index is 670. The Morgan fingerprint density at radius 3 is 2.57 bits per heavy atom. The molecule has 1 saturated heterocycles. The molecule has 116 valence electrons. The molecule has 0 aromatic carbocycles. The van der Waals surface area contributed by atoms with Gasteiger partial charge in [0.25, 0.3) is 0 Å². The van der Waals surface area contributed by atoms with Crippen molar-refractivity contribution in [2.45, 2.75) is 38.6 Å². The molecule has 6 nitrogen and oxygen atoms in total. The number of anilines is 1. The zero-order valence-electron chi connectivity index (χ0n) is 12.4. The predicted molar refractivity (Wildman–Crippen MR) is 80.6 cm³/mol. The van der Waals surface area contributed by atoms with Gasteiger partial charge >= 0.3 is 5.97 Å². The van der Waals surface area contributed by atoms with Gasteiger partial charge in [0.15, 0.2) is 9.84 Å². The third kappa shape index (κ3) is 3.72. The van der Waals surface area contributed by atoms with Crippen LogP contribution in [-0.4, -0.2) is 41.5 Å². The van der Waals surface area contributed by atoms with Gasteiger partial charge in [0, 0.05) is 5.69 Å². The van der Waals surface area contributed by atoms with Crippen molar-refractivity contribution in [1.29, 1.82) is 0 Å². The Morgan fingerprint density at radius 2 is 2.10 bits per heavy atom. The van der Waals surface area contributed by atoms with Crippen molar-refractivity contribution in [3.8, 4) is 0 Å². The van der Waals surface area contributed by atoms with Gasteiger partial charge in [-0.1, -0.05) is 13.8 Å². The number of nitrogens with one attached hydrogen (secondary N) is 1. The highest BCUT2D eigenvalue weighted by atomic mass is 32.2.